The minimum atomic E-state index is -0.437. The minimum Gasteiger partial charge on any atom is -0.368 e. The molecule has 0 saturated heterocycles. The van der Waals surface area contributed by atoms with Crippen molar-refractivity contribution >= 4 is 17.2 Å². The van der Waals surface area contributed by atoms with E-state index in [-0.39, 0.29) is 5.91 Å². The maximum atomic E-state index is 11.6. The molecule has 3 nitrogen and oxygen atoms in total. The first kappa shape index (κ1) is 12.8. The van der Waals surface area contributed by atoms with Crippen molar-refractivity contribution in [2.75, 3.05) is 0 Å². The lowest BCUT2D eigenvalue weighted by Crippen LogP contribution is -2.33. The van der Waals surface area contributed by atoms with Crippen LogP contribution in [0.5, 0.6) is 0 Å². The van der Waals surface area contributed by atoms with E-state index in [1.165, 1.54) is 4.88 Å². The number of amides is 1. The van der Waals surface area contributed by atoms with Crippen LogP contribution in [-0.2, 0) is 11.3 Å². The van der Waals surface area contributed by atoms with Crippen molar-refractivity contribution in [2.24, 2.45) is 5.73 Å². The van der Waals surface area contributed by atoms with Crippen molar-refractivity contribution < 1.29 is 4.79 Å². The highest BCUT2D eigenvalue weighted by Gasteiger charge is 2.18. The van der Waals surface area contributed by atoms with Gasteiger partial charge >= 0.3 is 0 Å². The number of nitrogens with one attached hydrogen (secondary N) is 1. The van der Waals surface area contributed by atoms with E-state index < -0.39 is 6.04 Å². The van der Waals surface area contributed by atoms with E-state index in [0.717, 1.165) is 11.1 Å². The molecular weight excluding hydrogens is 244 g/mol. The Morgan fingerprint density at radius 3 is 2.72 bits per heavy atom. The number of carbonyl (C=O) groups excluding carboxylic acids is 1. The molecule has 0 aliphatic rings. The average molecular weight is 260 g/mol. The molecule has 2 rings (SSSR count). The van der Waals surface area contributed by atoms with Gasteiger partial charge in [0.25, 0.3) is 0 Å². The Morgan fingerprint density at radius 1 is 1.33 bits per heavy atom. The van der Waals surface area contributed by atoms with Crippen molar-refractivity contribution in [2.45, 2.75) is 19.5 Å². The third kappa shape index (κ3) is 2.97. The third-order valence-corrected chi connectivity index (χ3v) is 3.72. The van der Waals surface area contributed by atoms with Crippen LogP contribution in [0, 0.1) is 6.92 Å². The van der Waals surface area contributed by atoms with Gasteiger partial charge in [0, 0.05) is 11.4 Å². The number of hydrogen-bond acceptors (Lipinski definition) is 3. The Kier molecular flexibility index (Phi) is 4.12. The molecule has 1 aromatic carbocycles. The summed E-state index contributed by atoms with van der Waals surface area (Å²) in [7, 11) is 0. The summed E-state index contributed by atoms with van der Waals surface area (Å²) in [6.07, 6.45) is 0. The molecular formula is C14H16N2OS. The van der Waals surface area contributed by atoms with E-state index in [0.29, 0.717) is 6.54 Å². The number of rotatable bonds is 5. The van der Waals surface area contributed by atoms with Gasteiger partial charge in [0.1, 0.15) is 6.04 Å². The Labute approximate surface area is 111 Å². The Balaban J connectivity index is 2.14. The van der Waals surface area contributed by atoms with Crippen molar-refractivity contribution in [3.8, 4) is 0 Å². The molecule has 0 spiro atoms. The number of primary amides is 1. The number of aryl methyl sites for hydroxylation is 1. The summed E-state index contributed by atoms with van der Waals surface area (Å²) in [6.45, 7) is 2.64. The van der Waals surface area contributed by atoms with Gasteiger partial charge in [-0.25, -0.2) is 0 Å². The van der Waals surface area contributed by atoms with Crippen LogP contribution < -0.4 is 11.1 Å². The summed E-state index contributed by atoms with van der Waals surface area (Å²) in [6, 6.07) is 11.4. The molecule has 0 radical (unpaired) electrons. The van der Waals surface area contributed by atoms with Crippen molar-refractivity contribution in [1.82, 2.24) is 5.32 Å². The monoisotopic (exact) mass is 260 g/mol. The van der Waals surface area contributed by atoms with Crippen molar-refractivity contribution in [3.05, 3.63) is 57.8 Å². The van der Waals surface area contributed by atoms with Crippen LogP contribution in [0.2, 0.25) is 0 Å². The van der Waals surface area contributed by atoms with Crippen molar-refractivity contribution in [1.29, 1.82) is 0 Å². The van der Waals surface area contributed by atoms with Crippen LogP contribution in [0.1, 0.15) is 22.0 Å². The highest BCUT2D eigenvalue weighted by molar-refractivity contribution is 7.09. The molecule has 1 atom stereocenters. The number of hydrogen-bond donors (Lipinski definition) is 2. The quantitative estimate of drug-likeness (QED) is 0.867. The second kappa shape index (κ2) is 5.80. The molecule has 3 N–H and O–H groups in total. The molecule has 94 valence electrons. The average Bonchev–Trinajstić information content (AvgIpc) is 2.84. The first-order valence-corrected chi connectivity index (χ1v) is 6.67. The standard InChI is InChI=1S/C14H16N2OS/c1-10-5-2-3-7-12(10)13(14(15)17)16-9-11-6-4-8-18-11/h2-8,13,16H,9H2,1H3,(H2,15,17). The molecule has 0 bridgehead atoms. The molecule has 4 heteroatoms. The van der Waals surface area contributed by atoms with Crippen LogP contribution in [0.15, 0.2) is 41.8 Å². The fourth-order valence-electron chi connectivity index (χ4n) is 1.89. The van der Waals surface area contributed by atoms with Gasteiger partial charge in [-0.3, -0.25) is 10.1 Å². The van der Waals surface area contributed by atoms with Crippen LogP contribution in [0.3, 0.4) is 0 Å². The second-order valence-electron chi connectivity index (χ2n) is 4.15. The molecule has 2 aromatic rings. The third-order valence-electron chi connectivity index (χ3n) is 2.84. The van der Waals surface area contributed by atoms with E-state index in [1.54, 1.807) is 11.3 Å². The second-order valence-corrected chi connectivity index (χ2v) is 5.18. The topological polar surface area (TPSA) is 55.1 Å². The van der Waals surface area contributed by atoms with E-state index in [1.807, 2.05) is 48.7 Å². The van der Waals surface area contributed by atoms with Gasteiger partial charge in [-0.1, -0.05) is 30.3 Å². The van der Waals surface area contributed by atoms with E-state index in [2.05, 4.69) is 5.32 Å². The highest BCUT2D eigenvalue weighted by Crippen LogP contribution is 2.18. The predicted molar refractivity (Wildman–Crippen MR) is 74.3 cm³/mol. The van der Waals surface area contributed by atoms with Gasteiger partial charge in [0.15, 0.2) is 0 Å². The van der Waals surface area contributed by atoms with E-state index in [4.69, 9.17) is 5.73 Å². The SMILES string of the molecule is Cc1ccccc1C(NCc1cccs1)C(N)=O. The minimum absolute atomic E-state index is 0.346. The molecule has 1 heterocycles. The first-order chi connectivity index (χ1) is 8.68. The van der Waals surface area contributed by atoms with Gasteiger partial charge in [0.2, 0.25) is 5.91 Å². The Bertz CT molecular complexity index is 522. The van der Waals surface area contributed by atoms with Gasteiger partial charge in [-0.05, 0) is 29.5 Å². The molecule has 0 aliphatic carbocycles. The zero-order valence-electron chi connectivity index (χ0n) is 10.2. The maximum Gasteiger partial charge on any atom is 0.239 e. The number of carbonyl (C=O) groups is 1. The Hall–Kier alpha value is -1.65. The lowest BCUT2D eigenvalue weighted by molar-refractivity contribution is -0.120. The summed E-state index contributed by atoms with van der Waals surface area (Å²) < 4.78 is 0. The van der Waals surface area contributed by atoms with Crippen LogP contribution in [0.25, 0.3) is 0 Å². The van der Waals surface area contributed by atoms with Crippen LogP contribution in [-0.4, -0.2) is 5.91 Å². The molecule has 0 saturated carbocycles. The van der Waals surface area contributed by atoms with Crippen molar-refractivity contribution in [3.63, 3.8) is 0 Å². The highest BCUT2D eigenvalue weighted by atomic mass is 32.1. The largest absolute Gasteiger partial charge is 0.368 e. The zero-order valence-corrected chi connectivity index (χ0v) is 11.0. The van der Waals surface area contributed by atoms with Gasteiger partial charge in [-0.2, -0.15) is 0 Å². The van der Waals surface area contributed by atoms with Gasteiger partial charge in [0.05, 0.1) is 0 Å². The summed E-state index contributed by atoms with van der Waals surface area (Å²) in [5, 5.41) is 5.23. The first-order valence-electron chi connectivity index (χ1n) is 5.79. The van der Waals surface area contributed by atoms with Crippen LogP contribution >= 0.6 is 11.3 Å². The predicted octanol–water partition coefficient (Wildman–Crippen LogP) is 2.37. The van der Waals surface area contributed by atoms with E-state index in [9.17, 15) is 4.79 Å². The van der Waals surface area contributed by atoms with E-state index >= 15 is 0 Å². The molecule has 18 heavy (non-hydrogen) atoms. The summed E-state index contributed by atoms with van der Waals surface area (Å²) >= 11 is 1.66. The Morgan fingerprint density at radius 2 is 2.11 bits per heavy atom. The number of benzene rings is 1. The zero-order chi connectivity index (χ0) is 13.0. The van der Waals surface area contributed by atoms with Crippen LogP contribution in [0.4, 0.5) is 0 Å². The normalized spacial score (nSPS) is 12.3. The maximum absolute atomic E-state index is 11.6. The molecule has 1 amide bonds. The number of thiophene rings is 1. The lowest BCUT2D eigenvalue weighted by Gasteiger charge is -2.17. The molecule has 1 unspecified atom stereocenters. The fourth-order valence-corrected chi connectivity index (χ4v) is 2.55. The molecule has 0 aliphatic heterocycles. The summed E-state index contributed by atoms with van der Waals surface area (Å²) in [5.74, 6) is -0.346. The lowest BCUT2D eigenvalue weighted by atomic mass is 10.0. The smallest absolute Gasteiger partial charge is 0.239 e. The molecule has 1 aromatic heterocycles. The van der Waals surface area contributed by atoms with Gasteiger partial charge < -0.3 is 5.73 Å². The molecule has 0 fully saturated rings. The van der Waals surface area contributed by atoms with Gasteiger partial charge in [-0.15, -0.1) is 11.3 Å². The summed E-state index contributed by atoms with van der Waals surface area (Å²) in [4.78, 5) is 12.8. The number of nitrogens with two attached hydrogens (primary N) is 1. The fraction of sp³-hybridized carbons (Fsp3) is 0.214. The summed E-state index contributed by atoms with van der Waals surface area (Å²) in [5.41, 5.74) is 7.49.